The molecule has 27 heavy (non-hydrogen) atoms. The molecule has 4 heteroatoms. The van der Waals surface area contributed by atoms with Crippen molar-refractivity contribution in [3.8, 4) is 11.6 Å². The number of nitrogens with zero attached hydrogens (tertiary/aromatic N) is 1. The van der Waals surface area contributed by atoms with E-state index < -0.39 is 0 Å². The van der Waals surface area contributed by atoms with Gasteiger partial charge in [0, 0.05) is 18.7 Å². The Morgan fingerprint density at radius 1 is 1.22 bits per heavy atom. The SMILES string of the molecule is CCC(CC)c1ccc(Oc2ccc(/C=C/[C@H](C)CC(C)=O)cn2)c(Cl)c1. The molecule has 0 amide bonds. The zero-order chi connectivity index (χ0) is 19.8. The van der Waals surface area contributed by atoms with Crippen molar-refractivity contribution in [3.63, 3.8) is 0 Å². The summed E-state index contributed by atoms with van der Waals surface area (Å²) in [5, 5.41) is 0.600. The average Bonchev–Trinajstić information content (AvgIpc) is 2.64. The summed E-state index contributed by atoms with van der Waals surface area (Å²) in [6, 6.07) is 9.73. The number of ketones is 1. The Morgan fingerprint density at radius 2 is 1.96 bits per heavy atom. The van der Waals surface area contributed by atoms with E-state index in [-0.39, 0.29) is 11.7 Å². The van der Waals surface area contributed by atoms with Gasteiger partial charge in [0.25, 0.3) is 0 Å². The van der Waals surface area contributed by atoms with E-state index >= 15 is 0 Å². The lowest BCUT2D eigenvalue weighted by atomic mass is 9.94. The zero-order valence-corrected chi connectivity index (χ0v) is 17.3. The van der Waals surface area contributed by atoms with Gasteiger partial charge in [0.05, 0.1) is 5.02 Å². The molecule has 0 unspecified atom stereocenters. The standard InChI is InChI=1S/C23H28ClNO2/c1-5-19(6-2)20-10-11-22(21(24)14-20)27-23-12-9-18(15-25-23)8-7-16(3)13-17(4)26/h7-12,14-16,19H,5-6,13H2,1-4H3/b8-7+/t16-/m0/s1. The number of Topliss-reactive ketones (excluding diaryl/α,β-unsaturated/α-hetero) is 1. The molecule has 0 aliphatic rings. The van der Waals surface area contributed by atoms with Crippen molar-refractivity contribution in [1.29, 1.82) is 0 Å². The highest BCUT2D eigenvalue weighted by Gasteiger charge is 2.11. The second kappa shape index (κ2) is 10.3. The Labute approximate surface area is 167 Å². The third kappa shape index (κ3) is 6.51. The fourth-order valence-corrected chi connectivity index (χ4v) is 3.30. The Hall–Kier alpha value is -2.13. The maximum absolute atomic E-state index is 11.1. The number of hydrogen-bond acceptors (Lipinski definition) is 3. The van der Waals surface area contributed by atoms with Gasteiger partial charge in [0.1, 0.15) is 11.5 Å². The molecule has 0 bridgehead atoms. The van der Waals surface area contributed by atoms with Gasteiger partial charge >= 0.3 is 0 Å². The molecule has 2 rings (SSSR count). The molecule has 0 radical (unpaired) electrons. The highest BCUT2D eigenvalue weighted by Crippen LogP contribution is 2.33. The van der Waals surface area contributed by atoms with Gasteiger partial charge in [-0.1, -0.05) is 50.6 Å². The molecule has 0 spiro atoms. The Bertz CT molecular complexity index is 779. The van der Waals surface area contributed by atoms with E-state index in [1.54, 1.807) is 13.1 Å². The lowest BCUT2D eigenvalue weighted by Crippen LogP contribution is -1.98. The highest BCUT2D eigenvalue weighted by molar-refractivity contribution is 6.32. The number of carbonyl (C=O) groups is 1. The van der Waals surface area contributed by atoms with Crippen LogP contribution in [0.2, 0.25) is 5.02 Å². The molecule has 0 aliphatic carbocycles. The zero-order valence-electron chi connectivity index (χ0n) is 16.5. The van der Waals surface area contributed by atoms with Crippen LogP contribution < -0.4 is 4.74 Å². The predicted molar refractivity (Wildman–Crippen MR) is 113 cm³/mol. The van der Waals surface area contributed by atoms with Crippen molar-refractivity contribution in [2.45, 2.75) is 52.9 Å². The second-order valence-electron chi connectivity index (χ2n) is 6.98. The third-order valence-electron chi connectivity index (χ3n) is 4.61. The van der Waals surface area contributed by atoms with Gasteiger partial charge in [0.15, 0.2) is 0 Å². The molecule has 0 saturated carbocycles. The first kappa shape index (κ1) is 21.2. The van der Waals surface area contributed by atoms with Crippen molar-refractivity contribution in [3.05, 3.63) is 58.8 Å². The summed E-state index contributed by atoms with van der Waals surface area (Å²) in [4.78, 5) is 15.5. The van der Waals surface area contributed by atoms with Gasteiger partial charge in [-0.3, -0.25) is 0 Å². The van der Waals surface area contributed by atoms with Gasteiger partial charge in [-0.25, -0.2) is 4.98 Å². The first-order chi connectivity index (χ1) is 12.9. The van der Waals surface area contributed by atoms with Crippen LogP contribution in [0.5, 0.6) is 11.6 Å². The fraction of sp³-hybridized carbons (Fsp3) is 0.391. The summed E-state index contributed by atoms with van der Waals surface area (Å²) < 4.78 is 5.83. The summed E-state index contributed by atoms with van der Waals surface area (Å²) in [6.07, 6.45) is 8.48. The van der Waals surface area contributed by atoms with E-state index in [4.69, 9.17) is 16.3 Å². The maximum atomic E-state index is 11.1. The smallest absolute Gasteiger partial charge is 0.219 e. The molecule has 0 N–H and O–H groups in total. The minimum absolute atomic E-state index is 0.195. The lowest BCUT2D eigenvalue weighted by molar-refractivity contribution is -0.117. The quantitative estimate of drug-likeness (QED) is 0.463. The normalized spacial score (nSPS) is 12.5. The van der Waals surface area contributed by atoms with E-state index in [0.29, 0.717) is 29.0 Å². The number of rotatable bonds is 9. The number of allylic oxidation sites excluding steroid dienone is 1. The van der Waals surface area contributed by atoms with Gasteiger partial charge in [-0.15, -0.1) is 0 Å². The molecule has 1 aromatic carbocycles. The van der Waals surface area contributed by atoms with Crippen LogP contribution in [0.4, 0.5) is 0 Å². The number of ether oxygens (including phenoxy) is 1. The number of halogens is 1. The first-order valence-corrected chi connectivity index (χ1v) is 9.91. The second-order valence-corrected chi connectivity index (χ2v) is 7.38. The maximum Gasteiger partial charge on any atom is 0.219 e. The topological polar surface area (TPSA) is 39.2 Å². The van der Waals surface area contributed by atoms with Crippen LogP contribution in [0.1, 0.15) is 64.0 Å². The Balaban J connectivity index is 2.04. The number of hydrogen-bond donors (Lipinski definition) is 0. The minimum atomic E-state index is 0.195. The molecule has 1 aromatic heterocycles. The fourth-order valence-electron chi connectivity index (χ4n) is 3.07. The van der Waals surface area contributed by atoms with Crippen LogP contribution >= 0.6 is 11.6 Å². The molecule has 1 heterocycles. The lowest BCUT2D eigenvalue weighted by Gasteiger charge is -2.14. The van der Waals surface area contributed by atoms with Crippen molar-refractivity contribution >= 4 is 23.5 Å². The molecular weight excluding hydrogens is 358 g/mol. The Morgan fingerprint density at radius 3 is 2.52 bits per heavy atom. The van der Waals surface area contributed by atoms with Gasteiger partial charge in [-0.05, 0) is 60.9 Å². The van der Waals surface area contributed by atoms with Gasteiger partial charge < -0.3 is 9.53 Å². The largest absolute Gasteiger partial charge is 0.437 e. The van der Waals surface area contributed by atoms with E-state index in [1.165, 1.54) is 5.56 Å². The van der Waals surface area contributed by atoms with Crippen molar-refractivity contribution < 1.29 is 9.53 Å². The van der Waals surface area contributed by atoms with E-state index in [1.807, 2.05) is 43.3 Å². The first-order valence-electron chi connectivity index (χ1n) is 9.53. The van der Waals surface area contributed by atoms with Crippen LogP contribution in [-0.4, -0.2) is 10.8 Å². The summed E-state index contributed by atoms with van der Waals surface area (Å²) in [6.45, 7) is 8.01. The Kier molecular flexibility index (Phi) is 8.05. The number of pyridine rings is 1. The van der Waals surface area contributed by atoms with Gasteiger partial charge in [-0.2, -0.15) is 0 Å². The summed E-state index contributed by atoms with van der Waals surface area (Å²) in [7, 11) is 0. The molecule has 3 nitrogen and oxygen atoms in total. The van der Waals surface area contributed by atoms with Crippen molar-refractivity contribution in [2.24, 2.45) is 5.92 Å². The van der Waals surface area contributed by atoms with Crippen molar-refractivity contribution in [1.82, 2.24) is 4.98 Å². The average molecular weight is 386 g/mol. The molecular formula is C23H28ClNO2. The molecule has 144 valence electrons. The van der Waals surface area contributed by atoms with Crippen LogP contribution in [0, 0.1) is 5.92 Å². The van der Waals surface area contributed by atoms with E-state index in [9.17, 15) is 4.79 Å². The van der Waals surface area contributed by atoms with Crippen LogP contribution in [0.15, 0.2) is 42.6 Å². The molecule has 0 fully saturated rings. The number of aromatic nitrogens is 1. The summed E-state index contributed by atoms with van der Waals surface area (Å²) >= 11 is 6.40. The summed E-state index contributed by atoms with van der Waals surface area (Å²) in [5.74, 6) is 2.04. The van der Waals surface area contributed by atoms with Gasteiger partial charge in [0.2, 0.25) is 5.88 Å². The molecule has 1 atom stereocenters. The molecule has 0 saturated heterocycles. The summed E-state index contributed by atoms with van der Waals surface area (Å²) in [5.41, 5.74) is 2.21. The van der Waals surface area contributed by atoms with E-state index in [2.05, 4.69) is 24.9 Å². The molecule has 0 aliphatic heterocycles. The van der Waals surface area contributed by atoms with E-state index in [0.717, 1.165) is 18.4 Å². The highest BCUT2D eigenvalue weighted by atomic mass is 35.5. The van der Waals surface area contributed by atoms with Crippen LogP contribution in [0.25, 0.3) is 6.08 Å². The van der Waals surface area contributed by atoms with Crippen LogP contribution in [0.3, 0.4) is 0 Å². The number of benzene rings is 1. The minimum Gasteiger partial charge on any atom is -0.437 e. The monoisotopic (exact) mass is 385 g/mol. The molecule has 2 aromatic rings. The number of carbonyl (C=O) groups excluding carboxylic acids is 1. The van der Waals surface area contributed by atoms with Crippen LogP contribution in [-0.2, 0) is 4.79 Å². The third-order valence-corrected chi connectivity index (χ3v) is 4.91. The van der Waals surface area contributed by atoms with Crippen molar-refractivity contribution in [2.75, 3.05) is 0 Å². The predicted octanol–water partition coefficient (Wildman–Crippen LogP) is 7.06.